The Hall–Kier alpha value is -0.680. The van der Waals surface area contributed by atoms with Crippen molar-refractivity contribution in [1.82, 2.24) is 5.32 Å². The maximum Gasteiger partial charge on any atom is 0.314 e. The molecule has 1 saturated heterocycles. The van der Waals surface area contributed by atoms with E-state index >= 15 is 0 Å². The lowest BCUT2D eigenvalue weighted by Crippen LogP contribution is -2.41. The van der Waals surface area contributed by atoms with E-state index in [2.05, 4.69) is 5.32 Å². The lowest BCUT2D eigenvalue weighted by molar-refractivity contribution is -0.165. The molecular formula is C12H21FN2O2. The second kappa shape index (κ2) is 3.92. The van der Waals surface area contributed by atoms with Gasteiger partial charge in [-0.2, -0.15) is 0 Å². The summed E-state index contributed by atoms with van der Waals surface area (Å²) in [5.74, 6) is -0.679. The zero-order chi connectivity index (χ0) is 12.8. The summed E-state index contributed by atoms with van der Waals surface area (Å²) < 4.78 is 19.1. The molecule has 2 rings (SSSR count). The van der Waals surface area contributed by atoms with Gasteiger partial charge in [0.15, 0.2) is 0 Å². The third kappa shape index (κ3) is 2.18. The quantitative estimate of drug-likeness (QED) is 0.698. The van der Waals surface area contributed by atoms with E-state index in [1.807, 2.05) is 20.8 Å². The monoisotopic (exact) mass is 244 g/mol. The minimum absolute atomic E-state index is 0.263. The average molecular weight is 244 g/mol. The highest BCUT2D eigenvalue weighted by molar-refractivity contribution is 5.82. The number of carbonyl (C=O) groups is 1. The molecule has 4 atom stereocenters. The van der Waals surface area contributed by atoms with E-state index in [0.717, 1.165) is 0 Å². The van der Waals surface area contributed by atoms with Gasteiger partial charge in [-0.15, -0.1) is 0 Å². The first-order valence-corrected chi connectivity index (χ1v) is 6.11. The third-order valence-corrected chi connectivity index (χ3v) is 3.64. The number of alkyl halides is 1. The van der Waals surface area contributed by atoms with Crippen LogP contribution in [0.25, 0.3) is 0 Å². The van der Waals surface area contributed by atoms with Crippen LogP contribution in [0.3, 0.4) is 0 Å². The predicted octanol–water partition coefficient (Wildman–Crippen LogP) is 0.603. The van der Waals surface area contributed by atoms with Crippen LogP contribution in [0.5, 0.6) is 0 Å². The molecule has 2 aliphatic rings. The average Bonchev–Trinajstić information content (AvgIpc) is 2.64. The summed E-state index contributed by atoms with van der Waals surface area (Å²) in [4.78, 5) is 12.2. The molecule has 2 fully saturated rings. The van der Waals surface area contributed by atoms with E-state index in [9.17, 15) is 9.18 Å². The maximum absolute atomic E-state index is 13.8. The molecule has 1 heterocycles. The van der Waals surface area contributed by atoms with Crippen molar-refractivity contribution in [2.45, 2.75) is 45.0 Å². The summed E-state index contributed by atoms with van der Waals surface area (Å²) in [6, 6.07) is -0.263. The van der Waals surface area contributed by atoms with Gasteiger partial charge in [-0.1, -0.05) is 0 Å². The van der Waals surface area contributed by atoms with E-state index in [1.165, 1.54) is 0 Å². The normalized spacial score (nSPS) is 41.4. The Labute approximate surface area is 101 Å². The van der Waals surface area contributed by atoms with Crippen molar-refractivity contribution in [3.8, 4) is 0 Å². The standard InChI is InChI=1S/C12H21FN2O2/c1-11(2,3)17-10(16)12(4-9(12)14)7-5-15-6-8(7)13/h7-9,15H,4-6,14H2,1-3H3. The van der Waals surface area contributed by atoms with Crippen LogP contribution in [-0.4, -0.2) is 36.9 Å². The second-order valence-corrected chi connectivity index (χ2v) is 6.13. The van der Waals surface area contributed by atoms with Crippen molar-refractivity contribution in [3.63, 3.8) is 0 Å². The predicted molar refractivity (Wildman–Crippen MR) is 62.1 cm³/mol. The lowest BCUT2D eigenvalue weighted by Gasteiger charge is -2.28. The van der Waals surface area contributed by atoms with Crippen LogP contribution in [0, 0.1) is 11.3 Å². The molecular weight excluding hydrogens is 223 g/mol. The van der Waals surface area contributed by atoms with Crippen LogP contribution in [0.15, 0.2) is 0 Å². The van der Waals surface area contributed by atoms with E-state index < -0.39 is 17.2 Å². The van der Waals surface area contributed by atoms with Gasteiger partial charge in [0.25, 0.3) is 0 Å². The molecule has 4 nitrogen and oxygen atoms in total. The van der Waals surface area contributed by atoms with Gasteiger partial charge >= 0.3 is 5.97 Å². The second-order valence-electron chi connectivity index (χ2n) is 6.13. The Morgan fingerprint density at radius 3 is 2.41 bits per heavy atom. The summed E-state index contributed by atoms with van der Waals surface area (Å²) in [6.07, 6.45) is -0.467. The zero-order valence-corrected chi connectivity index (χ0v) is 10.6. The fraction of sp³-hybridized carbons (Fsp3) is 0.917. The SMILES string of the molecule is CC(C)(C)OC(=O)C1(C2CNCC2F)CC1N. The highest BCUT2D eigenvalue weighted by Crippen LogP contribution is 2.54. The zero-order valence-electron chi connectivity index (χ0n) is 10.6. The van der Waals surface area contributed by atoms with Gasteiger partial charge in [0.2, 0.25) is 0 Å². The molecule has 0 radical (unpaired) electrons. The van der Waals surface area contributed by atoms with Crippen molar-refractivity contribution >= 4 is 5.97 Å². The first-order chi connectivity index (χ1) is 7.77. The van der Waals surface area contributed by atoms with Gasteiger partial charge in [0, 0.05) is 25.0 Å². The number of esters is 1. The Kier molecular flexibility index (Phi) is 2.94. The highest BCUT2D eigenvalue weighted by atomic mass is 19.1. The molecule has 0 aromatic heterocycles. The molecule has 3 N–H and O–H groups in total. The number of carbonyl (C=O) groups excluding carboxylic acids is 1. The van der Waals surface area contributed by atoms with Gasteiger partial charge in [-0.05, 0) is 27.2 Å². The summed E-state index contributed by atoms with van der Waals surface area (Å²) in [7, 11) is 0. The van der Waals surface area contributed by atoms with E-state index in [4.69, 9.17) is 10.5 Å². The molecule has 0 bridgehead atoms. The molecule has 4 unspecified atom stereocenters. The third-order valence-electron chi connectivity index (χ3n) is 3.64. The van der Waals surface area contributed by atoms with Crippen LogP contribution in [0.1, 0.15) is 27.2 Å². The Balaban J connectivity index is 2.13. The Morgan fingerprint density at radius 2 is 2.06 bits per heavy atom. The number of halogens is 1. The fourth-order valence-corrected chi connectivity index (χ4v) is 2.64. The van der Waals surface area contributed by atoms with E-state index in [-0.39, 0.29) is 17.9 Å². The molecule has 1 aliphatic carbocycles. The molecule has 0 aromatic carbocycles. The number of ether oxygens (including phenoxy) is 1. The molecule has 1 saturated carbocycles. The van der Waals surface area contributed by atoms with Gasteiger partial charge in [-0.25, -0.2) is 4.39 Å². The van der Waals surface area contributed by atoms with Crippen molar-refractivity contribution < 1.29 is 13.9 Å². The molecule has 17 heavy (non-hydrogen) atoms. The number of hydrogen-bond donors (Lipinski definition) is 2. The van der Waals surface area contributed by atoms with Gasteiger partial charge < -0.3 is 15.8 Å². The number of hydrogen-bond acceptors (Lipinski definition) is 4. The van der Waals surface area contributed by atoms with Crippen LogP contribution in [-0.2, 0) is 9.53 Å². The fourth-order valence-electron chi connectivity index (χ4n) is 2.64. The molecule has 0 spiro atoms. The summed E-state index contributed by atoms with van der Waals surface area (Å²) in [6.45, 7) is 6.25. The van der Waals surface area contributed by atoms with E-state index in [0.29, 0.717) is 19.5 Å². The van der Waals surface area contributed by atoms with Crippen LogP contribution in [0.2, 0.25) is 0 Å². The van der Waals surface area contributed by atoms with Crippen LogP contribution < -0.4 is 11.1 Å². The van der Waals surface area contributed by atoms with Crippen molar-refractivity contribution in [2.24, 2.45) is 17.1 Å². The molecule has 0 aromatic rings. The van der Waals surface area contributed by atoms with Crippen molar-refractivity contribution in [2.75, 3.05) is 13.1 Å². The van der Waals surface area contributed by atoms with E-state index in [1.54, 1.807) is 0 Å². The van der Waals surface area contributed by atoms with Crippen molar-refractivity contribution in [3.05, 3.63) is 0 Å². The molecule has 0 amide bonds. The van der Waals surface area contributed by atoms with Crippen molar-refractivity contribution in [1.29, 1.82) is 0 Å². The number of nitrogens with one attached hydrogen (secondary N) is 1. The number of rotatable bonds is 2. The minimum atomic E-state index is -1.00. The lowest BCUT2D eigenvalue weighted by atomic mass is 9.86. The van der Waals surface area contributed by atoms with Crippen LogP contribution >= 0.6 is 0 Å². The molecule has 98 valence electrons. The van der Waals surface area contributed by atoms with Gasteiger partial charge in [-0.3, -0.25) is 4.79 Å². The molecule has 1 aliphatic heterocycles. The Morgan fingerprint density at radius 1 is 1.47 bits per heavy atom. The first kappa shape index (κ1) is 12.8. The highest BCUT2D eigenvalue weighted by Gasteiger charge is 2.66. The summed E-state index contributed by atoms with van der Waals surface area (Å²) in [5, 5.41) is 2.97. The van der Waals surface area contributed by atoms with Gasteiger partial charge in [0.05, 0.1) is 5.41 Å². The maximum atomic E-state index is 13.8. The Bertz CT molecular complexity index is 329. The summed E-state index contributed by atoms with van der Waals surface area (Å²) >= 11 is 0. The largest absolute Gasteiger partial charge is 0.459 e. The molecule has 5 heteroatoms. The smallest absolute Gasteiger partial charge is 0.314 e. The summed E-state index contributed by atoms with van der Waals surface area (Å²) in [5.41, 5.74) is 4.52. The first-order valence-electron chi connectivity index (χ1n) is 6.11. The number of nitrogens with two attached hydrogens (primary N) is 1. The minimum Gasteiger partial charge on any atom is -0.459 e. The topological polar surface area (TPSA) is 64.3 Å². The van der Waals surface area contributed by atoms with Gasteiger partial charge in [0.1, 0.15) is 11.8 Å². The van der Waals surface area contributed by atoms with Crippen LogP contribution in [0.4, 0.5) is 4.39 Å².